The van der Waals surface area contributed by atoms with Gasteiger partial charge in [0, 0.05) is 80.2 Å². The molecule has 0 saturated carbocycles. The predicted molar refractivity (Wildman–Crippen MR) is 277 cm³/mol. The lowest BCUT2D eigenvalue weighted by atomic mass is 9.93. The van der Waals surface area contributed by atoms with Gasteiger partial charge in [-0.1, -0.05) is 76.9 Å². The molecule has 0 aliphatic carbocycles. The quantitative estimate of drug-likeness (QED) is 0.125. The largest absolute Gasteiger partial charge is 0.457 e. The van der Waals surface area contributed by atoms with Crippen LogP contribution in [0.4, 0.5) is 0 Å². The standard InChI is InChI=1S/C53H62Cl2N12O6/c1-33-29-57-49(68)27-42(24-36-13-18-40(54)19-14-36)65(6)53(72)44(28-47-59-61-62-60-47)58-51(70)34(2)67(50(69)25-39(52(71)64(33)5)23-35-11-9-8-10-12-35)31-38-15-20-41(55)26-46(38)73-43-21-16-37(17-22-43)45-30-56-48(66(45)7)32-63(3)4/h8-22,26,30,33-34,39,42,44H,23-25,27-29,31-32H2,1-7H3,(H,57,68)(H,58,70)(H,59,60,61,62)/t33-,34-,39+,42-,44-/m0/s1. The van der Waals surface area contributed by atoms with Crippen LogP contribution < -0.4 is 15.4 Å². The SMILES string of the molecule is C[C@H]1CNC(=O)C[C@H](Cc2ccc(Cl)cc2)N(C)C(=O)[C@H](Cc2nn[nH]n2)NC(=O)[C@H](C)N(Cc2ccc(Cl)cc2Oc2ccc(-c3cnc(CN(C)C)n3C)cc2)C(=O)C[C@@H](Cc2ccccc2)C(=O)N1C. The van der Waals surface area contributed by atoms with Crippen molar-refractivity contribution in [3.63, 3.8) is 0 Å². The summed E-state index contributed by atoms with van der Waals surface area (Å²) in [5.41, 5.74) is 4.02. The van der Waals surface area contributed by atoms with E-state index >= 15 is 4.79 Å². The second-order valence-corrected chi connectivity index (χ2v) is 19.7. The van der Waals surface area contributed by atoms with Gasteiger partial charge in [0.2, 0.25) is 29.5 Å². The number of hydrogen-bond acceptors (Lipinski definition) is 11. The molecule has 4 aromatic carbocycles. The lowest BCUT2D eigenvalue weighted by Gasteiger charge is -2.35. The summed E-state index contributed by atoms with van der Waals surface area (Å²) < 4.78 is 8.56. The second-order valence-electron chi connectivity index (χ2n) is 18.9. The number of hydrogen-bond donors (Lipinski definition) is 3. The molecule has 1 aliphatic heterocycles. The molecule has 2 aromatic heterocycles. The molecule has 0 unspecified atom stereocenters. The number of aromatic amines is 1. The minimum atomic E-state index is -1.27. The molecule has 0 spiro atoms. The van der Waals surface area contributed by atoms with E-state index < -0.39 is 47.8 Å². The molecule has 18 nitrogen and oxygen atoms in total. The van der Waals surface area contributed by atoms with E-state index in [4.69, 9.17) is 27.9 Å². The zero-order valence-electron chi connectivity index (χ0n) is 42.1. The molecule has 3 N–H and O–H groups in total. The van der Waals surface area contributed by atoms with Crippen molar-refractivity contribution in [2.75, 3.05) is 34.7 Å². The number of rotatable bonds is 13. The van der Waals surface area contributed by atoms with Gasteiger partial charge in [0.25, 0.3) is 0 Å². The van der Waals surface area contributed by atoms with E-state index in [1.54, 1.807) is 56.3 Å². The Morgan fingerprint density at radius 3 is 2.16 bits per heavy atom. The van der Waals surface area contributed by atoms with Crippen LogP contribution >= 0.6 is 23.2 Å². The first kappa shape index (κ1) is 53.6. The molecule has 3 heterocycles. The summed E-state index contributed by atoms with van der Waals surface area (Å²) in [5, 5.41) is 21.0. The van der Waals surface area contributed by atoms with Crippen LogP contribution in [-0.2, 0) is 63.4 Å². The summed E-state index contributed by atoms with van der Waals surface area (Å²) in [4.78, 5) is 84.3. The third kappa shape index (κ3) is 14.1. The van der Waals surface area contributed by atoms with E-state index in [0.29, 0.717) is 33.7 Å². The summed E-state index contributed by atoms with van der Waals surface area (Å²) in [6.45, 7) is 4.01. The number of carbonyl (C=O) groups excluding carboxylic acids is 5. The van der Waals surface area contributed by atoms with Crippen molar-refractivity contribution in [1.29, 1.82) is 0 Å². The number of likely N-dealkylation sites (N-methyl/N-ethyl adjacent to an activating group) is 2. The van der Waals surface area contributed by atoms with Gasteiger partial charge in [-0.05, 0) is 100 Å². The Labute approximate surface area is 435 Å². The Balaban J connectivity index is 1.25. The van der Waals surface area contributed by atoms with Gasteiger partial charge in [0.1, 0.15) is 29.4 Å². The highest BCUT2D eigenvalue weighted by Crippen LogP contribution is 2.33. The van der Waals surface area contributed by atoms with Crippen LogP contribution in [0.5, 0.6) is 11.5 Å². The minimum Gasteiger partial charge on any atom is -0.457 e. The number of nitrogens with zero attached hydrogens (tertiary/aromatic N) is 9. The van der Waals surface area contributed by atoms with Crippen molar-refractivity contribution in [1.82, 2.24) is 60.4 Å². The van der Waals surface area contributed by atoms with E-state index in [-0.39, 0.29) is 62.8 Å². The number of H-pyrrole nitrogens is 1. The highest BCUT2D eigenvalue weighted by molar-refractivity contribution is 6.31. The Bertz CT molecular complexity index is 2850. The van der Waals surface area contributed by atoms with E-state index in [1.165, 1.54) is 9.80 Å². The van der Waals surface area contributed by atoms with E-state index in [1.807, 2.05) is 106 Å². The van der Waals surface area contributed by atoms with Crippen molar-refractivity contribution in [2.24, 2.45) is 13.0 Å². The van der Waals surface area contributed by atoms with Crippen LogP contribution in [0.1, 0.15) is 55.0 Å². The van der Waals surface area contributed by atoms with Crippen LogP contribution in [0.15, 0.2) is 103 Å². The number of nitrogens with one attached hydrogen (secondary N) is 3. The normalized spacial score (nSPS) is 19.9. The van der Waals surface area contributed by atoms with E-state index in [9.17, 15) is 19.2 Å². The van der Waals surface area contributed by atoms with E-state index in [2.05, 4.69) is 41.1 Å². The van der Waals surface area contributed by atoms with Gasteiger partial charge in [-0.3, -0.25) is 24.0 Å². The number of ether oxygens (including phenoxy) is 1. The number of aromatic nitrogens is 6. The monoisotopic (exact) mass is 1030 g/mol. The number of imidazole rings is 1. The summed E-state index contributed by atoms with van der Waals surface area (Å²) in [6.07, 6.45) is 1.75. The van der Waals surface area contributed by atoms with Crippen LogP contribution in [0.2, 0.25) is 10.0 Å². The predicted octanol–water partition coefficient (Wildman–Crippen LogP) is 5.89. The highest BCUT2D eigenvalue weighted by Gasteiger charge is 2.37. The average molecular weight is 1030 g/mol. The summed E-state index contributed by atoms with van der Waals surface area (Å²) in [5.74, 6) is -1.38. The number of halogens is 2. The number of carbonyl (C=O) groups is 5. The lowest BCUT2D eigenvalue weighted by molar-refractivity contribution is -0.146. The molecule has 5 amide bonds. The van der Waals surface area contributed by atoms with Gasteiger partial charge in [0.15, 0.2) is 5.82 Å². The van der Waals surface area contributed by atoms with Crippen molar-refractivity contribution >= 4 is 52.7 Å². The van der Waals surface area contributed by atoms with E-state index in [0.717, 1.165) is 28.2 Å². The molecule has 6 aromatic rings. The maximum atomic E-state index is 15.2. The van der Waals surface area contributed by atoms with Crippen molar-refractivity contribution in [2.45, 2.75) is 83.2 Å². The van der Waals surface area contributed by atoms with Gasteiger partial charge in [-0.2, -0.15) is 5.21 Å². The first-order valence-corrected chi connectivity index (χ1v) is 24.8. The first-order chi connectivity index (χ1) is 34.9. The number of tetrazole rings is 1. The molecule has 20 heteroatoms. The molecule has 7 rings (SSSR count). The van der Waals surface area contributed by atoms with Gasteiger partial charge in [-0.25, -0.2) is 4.98 Å². The van der Waals surface area contributed by atoms with Crippen LogP contribution in [0.3, 0.4) is 0 Å². The Kier molecular flexibility index (Phi) is 18.0. The van der Waals surface area contributed by atoms with Gasteiger partial charge in [0.05, 0.1) is 30.9 Å². The highest BCUT2D eigenvalue weighted by atomic mass is 35.5. The molecule has 384 valence electrons. The van der Waals surface area contributed by atoms with Gasteiger partial charge < -0.3 is 39.5 Å². The van der Waals surface area contributed by atoms with Crippen molar-refractivity contribution in [3.05, 3.63) is 142 Å². The molecule has 73 heavy (non-hydrogen) atoms. The van der Waals surface area contributed by atoms with Crippen molar-refractivity contribution < 1.29 is 28.7 Å². The molecular weight excluding hydrogens is 972 g/mol. The summed E-state index contributed by atoms with van der Waals surface area (Å²) in [7, 11) is 9.17. The molecule has 1 saturated heterocycles. The summed E-state index contributed by atoms with van der Waals surface area (Å²) >= 11 is 12.8. The molecule has 1 aliphatic rings. The van der Waals surface area contributed by atoms with Crippen LogP contribution in [0.25, 0.3) is 11.3 Å². The third-order valence-electron chi connectivity index (χ3n) is 13.2. The van der Waals surface area contributed by atoms with Crippen LogP contribution in [0, 0.1) is 5.92 Å². The molecule has 1 fully saturated rings. The first-order valence-electron chi connectivity index (χ1n) is 24.1. The zero-order valence-corrected chi connectivity index (χ0v) is 43.6. The minimum absolute atomic E-state index is 0.0984. The Hall–Kier alpha value is -7.15. The molecule has 0 radical (unpaired) electrons. The Morgan fingerprint density at radius 2 is 1.48 bits per heavy atom. The number of benzene rings is 4. The maximum Gasteiger partial charge on any atom is 0.245 e. The fourth-order valence-corrected chi connectivity index (χ4v) is 9.05. The average Bonchev–Trinajstić information content (AvgIpc) is 4.03. The summed E-state index contributed by atoms with van der Waals surface area (Å²) in [6, 6.07) is 25.4. The number of amides is 5. The topological polar surface area (TPSA) is 204 Å². The Morgan fingerprint density at radius 1 is 0.781 bits per heavy atom. The smallest absolute Gasteiger partial charge is 0.245 e. The maximum absolute atomic E-state index is 15.2. The van der Waals surface area contributed by atoms with Crippen LogP contribution in [-0.4, -0.2) is 138 Å². The second kappa shape index (κ2) is 24.5. The molecular formula is C53H62Cl2N12O6. The molecule has 0 bridgehead atoms. The van der Waals surface area contributed by atoms with Gasteiger partial charge >= 0.3 is 0 Å². The third-order valence-corrected chi connectivity index (χ3v) is 13.7. The fraction of sp³-hybridized carbons (Fsp3) is 0.377. The molecule has 5 atom stereocenters. The van der Waals surface area contributed by atoms with Crippen molar-refractivity contribution in [3.8, 4) is 22.8 Å². The fourth-order valence-electron chi connectivity index (χ4n) is 8.76. The zero-order chi connectivity index (χ0) is 52.3. The lowest BCUT2D eigenvalue weighted by Crippen LogP contribution is -2.57. The van der Waals surface area contributed by atoms with Gasteiger partial charge in [-0.15, -0.1) is 10.2 Å².